The second kappa shape index (κ2) is 9.50. The lowest BCUT2D eigenvalue weighted by atomic mass is 10.1. The molecule has 2 rings (SSSR count). The molecule has 1 unspecified atom stereocenters. The van der Waals surface area contributed by atoms with Crippen molar-refractivity contribution in [3.05, 3.63) is 48.0 Å². The third kappa shape index (κ3) is 5.82. The Labute approximate surface area is 141 Å². The summed E-state index contributed by atoms with van der Waals surface area (Å²) in [6.07, 6.45) is 6.90. The first-order valence-corrected chi connectivity index (χ1v) is 8.79. The third-order valence-electron chi connectivity index (χ3n) is 4.77. The molecule has 0 saturated carbocycles. The zero-order valence-electron chi connectivity index (χ0n) is 14.4. The van der Waals surface area contributed by atoms with Gasteiger partial charge in [-0.05, 0) is 63.4 Å². The highest BCUT2D eigenvalue weighted by molar-refractivity contribution is 5.31. The summed E-state index contributed by atoms with van der Waals surface area (Å²) in [6, 6.07) is 10.9. The molecule has 3 nitrogen and oxygen atoms in total. The van der Waals surface area contributed by atoms with Crippen molar-refractivity contribution in [3.8, 4) is 6.07 Å². The Morgan fingerprint density at radius 3 is 2.70 bits per heavy atom. The molecule has 23 heavy (non-hydrogen) atoms. The Balaban J connectivity index is 1.80. The summed E-state index contributed by atoms with van der Waals surface area (Å²) < 4.78 is 0. The number of nitriles is 1. The van der Waals surface area contributed by atoms with Crippen molar-refractivity contribution in [2.45, 2.75) is 45.2 Å². The van der Waals surface area contributed by atoms with Crippen molar-refractivity contribution >= 4 is 0 Å². The van der Waals surface area contributed by atoms with E-state index in [1.807, 2.05) is 18.2 Å². The molecule has 1 heterocycles. The molecule has 0 amide bonds. The summed E-state index contributed by atoms with van der Waals surface area (Å²) >= 11 is 0. The number of allylic oxidation sites excluding steroid dienone is 1. The summed E-state index contributed by atoms with van der Waals surface area (Å²) in [5.74, 6) is 0. The number of rotatable bonds is 7. The summed E-state index contributed by atoms with van der Waals surface area (Å²) in [7, 11) is 0. The number of benzene rings is 1. The van der Waals surface area contributed by atoms with Crippen LogP contribution in [0.1, 0.15) is 43.7 Å². The zero-order valence-corrected chi connectivity index (χ0v) is 14.4. The fraction of sp³-hybridized carbons (Fsp3) is 0.550. The van der Waals surface area contributed by atoms with Crippen molar-refractivity contribution in [2.75, 3.05) is 26.2 Å². The molecule has 1 atom stereocenters. The minimum Gasteiger partial charge on any atom is -0.299 e. The van der Waals surface area contributed by atoms with Crippen molar-refractivity contribution in [1.82, 2.24) is 9.80 Å². The summed E-state index contributed by atoms with van der Waals surface area (Å²) in [4.78, 5) is 5.18. The molecule has 1 saturated heterocycles. The van der Waals surface area contributed by atoms with Crippen LogP contribution in [-0.2, 0) is 6.54 Å². The lowest BCUT2D eigenvalue weighted by Gasteiger charge is -2.27. The van der Waals surface area contributed by atoms with Gasteiger partial charge in [0.2, 0.25) is 0 Å². The van der Waals surface area contributed by atoms with E-state index in [0.29, 0.717) is 6.04 Å². The van der Waals surface area contributed by atoms with Gasteiger partial charge in [-0.15, -0.1) is 6.58 Å². The fourth-order valence-electron chi connectivity index (χ4n) is 3.27. The molecule has 1 aromatic carbocycles. The van der Waals surface area contributed by atoms with E-state index in [4.69, 9.17) is 5.26 Å². The first-order valence-electron chi connectivity index (χ1n) is 8.79. The van der Waals surface area contributed by atoms with Gasteiger partial charge in [-0.1, -0.05) is 18.2 Å². The molecule has 1 aromatic rings. The first kappa shape index (κ1) is 17.7. The lowest BCUT2D eigenvalue weighted by molar-refractivity contribution is 0.197. The topological polar surface area (TPSA) is 30.3 Å². The fourth-order valence-corrected chi connectivity index (χ4v) is 3.27. The van der Waals surface area contributed by atoms with Gasteiger partial charge < -0.3 is 0 Å². The van der Waals surface area contributed by atoms with Crippen LogP contribution in [0, 0.1) is 11.3 Å². The predicted octanol–water partition coefficient (Wildman–Crippen LogP) is 3.81. The minimum atomic E-state index is 0.671. The molecule has 0 aromatic heterocycles. The maximum atomic E-state index is 8.87. The maximum Gasteiger partial charge on any atom is 0.0991 e. The third-order valence-corrected chi connectivity index (χ3v) is 4.77. The molecule has 0 aliphatic carbocycles. The summed E-state index contributed by atoms with van der Waals surface area (Å²) in [6.45, 7) is 11.8. The quantitative estimate of drug-likeness (QED) is 0.566. The normalized spacial score (nSPS) is 18.1. The molecule has 1 fully saturated rings. The standard InChI is InChI=1S/C20H29N3/c1-3-4-5-7-18(2)23-13-6-12-22(14-15-23)17-20-10-8-19(16-21)9-11-20/h3,8-11,18H,1,4-7,12-15,17H2,2H3. The van der Waals surface area contributed by atoms with Crippen LogP contribution in [-0.4, -0.2) is 42.0 Å². The highest BCUT2D eigenvalue weighted by Crippen LogP contribution is 2.14. The molecule has 124 valence electrons. The Bertz CT molecular complexity index is 515. The molecule has 0 bridgehead atoms. The average molecular weight is 311 g/mol. The summed E-state index contributed by atoms with van der Waals surface area (Å²) in [5.41, 5.74) is 2.04. The van der Waals surface area contributed by atoms with Crippen LogP contribution >= 0.6 is 0 Å². The van der Waals surface area contributed by atoms with Gasteiger partial charge in [-0.2, -0.15) is 5.26 Å². The van der Waals surface area contributed by atoms with Gasteiger partial charge in [0.05, 0.1) is 11.6 Å². The average Bonchev–Trinajstić information content (AvgIpc) is 2.81. The van der Waals surface area contributed by atoms with Crippen LogP contribution < -0.4 is 0 Å². The molecular formula is C20H29N3. The Morgan fingerprint density at radius 2 is 2.00 bits per heavy atom. The smallest absolute Gasteiger partial charge is 0.0991 e. The Kier molecular flexibility index (Phi) is 7.32. The molecule has 1 aliphatic rings. The molecule has 3 heteroatoms. The van der Waals surface area contributed by atoms with E-state index in [1.165, 1.54) is 31.4 Å². The molecule has 0 N–H and O–H groups in total. The van der Waals surface area contributed by atoms with Crippen molar-refractivity contribution in [1.29, 1.82) is 5.26 Å². The van der Waals surface area contributed by atoms with E-state index in [2.05, 4.69) is 41.5 Å². The van der Waals surface area contributed by atoms with E-state index in [9.17, 15) is 0 Å². The van der Waals surface area contributed by atoms with Gasteiger partial charge in [0, 0.05) is 25.7 Å². The Hall–Kier alpha value is -1.63. The van der Waals surface area contributed by atoms with Crippen LogP contribution in [0.5, 0.6) is 0 Å². The first-order chi connectivity index (χ1) is 11.2. The predicted molar refractivity (Wildman–Crippen MR) is 96.1 cm³/mol. The van der Waals surface area contributed by atoms with Crippen molar-refractivity contribution in [2.24, 2.45) is 0 Å². The van der Waals surface area contributed by atoms with E-state index in [-0.39, 0.29) is 0 Å². The van der Waals surface area contributed by atoms with Gasteiger partial charge in [-0.3, -0.25) is 9.80 Å². The van der Waals surface area contributed by atoms with Crippen LogP contribution in [0.15, 0.2) is 36.9 Å². The number of hydrogen-bond acceptors (Lipinski definition) is 3. The lowest BCUT2D eigenvalue weighted by Crippen LogP contribution is -2.36. The van der Waals surface area contributed by atoms with Gasteiger partial charge in [0.25, 0.3) is 0 Å². The van der Waals surface area contributed by atoms with E-state index >= 15 is 0 Å². The van der Waals surface area contributed by atoms with E-state index < -0.39 is 0 Å². The maximum absolute atomic E-state index is 8.87. The van der Waals surface area contributed by atoms with Crippen LogP contribution in [0.2, 0.25) is 0 Å². The van der Waals surface area contributed by atoms with Gasteiger partial charge in [0.1, 0.15) is 0 Å². The number of nitrogens with zero attached hydrogens (tertiary/aromatic N) is 3. The van der Waals surface area contributed by atoms with Gasteiger partial charge >= 0.3 is 0 Å². The number of hydrogen-bond donors (Lipinski definition) is 0. The van der Waals surface area contributed by atoms with Gasteiger partial charge in [-0.25, -0.2) is 0 Å². The summed E-state index contributed by atoms with van der Waals surface area (Å²) in [5, 5.41) is 8.87. The van der Waals surface area contributed by atoms with Crippen molar-refractivity contribution < 1.29 is 0 Å². The minimum absolute atomic E-state index is 0.671. The van der Waals surface area contributed by atoms with Crippen LogP contribution in [0.4, 0.5) is 0 Å². The molecule has 0 radical (unpaired) electrons. The zero-order chi connectivity index (χ0) is 16.5. The monoisotopic (exact) mass is 311 g/mol. The van der Waals surface area contributed by atoms with Crippen LogP contribution in [0.3, 0.4) is 0 Å². The SMILES string of the molecule is C=CCCCC(C)N1CCCN(Cc2ccc(C#N)cc2)CC1. The van der Waals surface area contributed by atoms with E-state index in [1.54, 1.807) is 0 Å². The van der Waals surface area contributed by atoms with E-state index in [0.717, 1.165) is 38.2 Å². The highest BCUT2D eigenvalue weighted by Gasteiger charge is 2.18. The second-order valence-corrected chi connectivity index (χ2v) is 6.54. The van der Waals surface area contributed by atoms with Crippen molar-refractivity contribution in [3.63, 3.8) is 0 Å². The Morgan fingerprint density at radius 1 is 1.22 bits per heavy atom. The number of unbranched alkanes of at least 4 members (excludes halogenated alkanes) is 1. The second-order valence-electron chi connectivity index (χ2n) is 6.54. The molecule has 1 aliphatic heterocycles. The van der Waals surface area contributed by atoms with Crippen LogP contribution in [0.25, 0.3) is 0 Å². The van der Waals surface area contributed by atoms with Gasteiger partial charge in [0.15, 0.2) is 0 Å². The molecule has 0 spiro atoms. The largest absolute Gasteiger partial charge is 0.299 e. The molecular weight excluding hydrogens is 282 g/mol. The highest BCUT2D eigenvalue weighted by atomic mass is 15.2.